The van der Waals surface area contributed by atoms with E-state index in [0.29, 0.717) is 19.3 Å². The Morgan fingerprint density at radius 3 is 1.45 bits per heavy atom. The average molecular weight is 613 g/mol. The second kappa shape index (κ2) is 20.5. The van der Waals surface area contributed by atoms with Crippen molar-refractivity contribution in [2.45, 2.75) is 111 Å². The number of unbranched alkanes of at least 4 members (excludes halogenated alkanes) is 3. The summed E-state index contributed by atoms with van der Waals surface area (Å²) in [5.74, 6) is -9.12. The molecule has 250 valence electrons. The molecule has 0 aromatic heterocycles. The monoisotopic (exact) mass is 612 g/mol. The van der Waals surface area contributed by atoms with Crippen LogP contribution in [0.2, 0.25) is 0 Å². The van der Waals surface area contributed by atoms with Gasteiger partial charge in [0.15, 0.2) is 5.41 Å². The third-order valence-electron chi connectivity index (χ3n) is 6.86. The number of ether oxygens (including phenoxy) is 9. The molecule has 0 spiro atoms. The normalized spacial score (nSPS) is 16.6. The Balaban J connectivity index is 7.98. The summed E-state index contributed by atoms with van der Waals surface area (Å²) >= 11 is 0. The summed E-state index contributed by atoms with van der Waals surface area (Å²) in [4.78, 5) is 25.1. The third-order valence-corrected chi connectivity index (χ3v) is 6.86. The largest absolute Gasteiger partial charge is 0.481 e. The van der Waals surface area contributed by atoms with Crippen LogP contribution in [0.3, 0.4) is 0 Å². The lowest BCUT2D eigenvalue weighted by molar-refractivity contribution is -0.539. The van der Waals surface area contributed by atoms with Gasteiger partial charge in [0.1, 0.15) is 0 Å². The Bertz CT molecular complexity index is 728. The number of aliphatic carboxylic acids is 2. The minimum Gasteiger partial charge on any atom is -0.481 e. The van der Waals surface area contributed by atoms with E-state index >= 15 is 0 Å². The van der Waals surface area contributed by atoms with E-state index in [0.717, 1.165) is 0 Å². The summed E-state index contributed by atoms with van der Waals surface area (Å²) in [5, 5.41) is 20.5. The van der Waals surface area contributed by atoms with Crippen LogP contribution in [0.25, 0.3) is 0 Å². The van der Waals surface area contributed by atoms with Crippen molar-refractivity contribution in [2.75, 3.05) is 60.5 Å². The minimum absolute atomic E-state index is 0.00483. The van der Waals surface area contributed by atoms with Crippen molar-refractivity contribution in [3.63, 3.8) is 0 Å². The smallest absolute Gasteiger partial charge is 0.342 e. The van der Waals surface area contributed by atoms with Gasteiger partial charge < -0.3 is 52.8 Å². The van der Waals surface area contributed by atoms with E-state index in [1.807, 2.05) is 0 Å². The number of hydrogen-bond donors (Lipinski definition) is 2. The van der Waals surface area contributed by atoms with Crippen molar-refractivity contribution in [2.24, 2.45) is 5.41 Å². The Kier molecular flexibility index (Phi) is 19.8. The van der Waals surface area contributed by atoms with Crippen molar-refractivity contribution < 1.29 is 62.4 Å². The van der Waals surface area contributed by atoms with Gasteiger partial charge in [-0.3, -0.25) is 9.59 Å². The fourth-order valence-corrected chi connectivity index (χ4v) is 5.51. The Morgan fingerprint density at radius 1 is 0.619 bits per heavy atom. The van der Waals surface area contributed by atoms with Gasteiger partial charge >= 0.3 is 17.9 Å². The molecule has 0 aliphatic rings. The predicted molar refractivity (Wildman–Crippen MR) is 153 cm³/mol. The lowest BCUT2D eigenvalue weighted by Crippen LogP contribution is -2.80. The topological polar surface area (TPSA) is 158 Å². The van der Waals surface area contributed by atoms with E-state index in [-0.39, 0.29) is 65.5 Å². The van der Waals surface area contributed by atoms with E-state index in [4.69, 9.17) is 47.7 Å². The molecule has 0 radical (unpaired) electrons. The highest BCUT2D eigenvalue weighted by Crippen LogP contribution is 2.58. The van der Waals surface area contributed by atoms with E-state index in [1.54, 1.807) is 48.5 Å². The average Bonchev–Trinajstić information content (AvgIpc) is 2.95. The first-order valence-corrected chi connectivity index (χ1v) is 15.0. The van der Waals surface area contributed by atoms with Gasteiger partial charge in [0.25, 0.3) is 5.79 Å². The van der Waals surface area contributed by atoms with Crippen molar-refractivity contribution in [1.29, 1.82) is 0 Å². The van der Waals surface area contributed by atoms with Crippen LogP contribution in [0.5, 0.6) is 0 Å². The Labute approximate surface area is 251 Å². The SMILES string of the molecule is CCOC(OCC)C(OC)(OCC)C(CCCCCCC(=O)O)(C(=O)O)C(OC)(OCC)C(OCC)(OCC)OCC. The summed E-state index contributed by atoms with van der Waals surface area (Å²) in [6.07, 6.45) is 0.177. The van der Waals surface area contributed by atoms with Gasteiger partial charge in [-0.05, 0) is 61.3 Å². The highest BCUT2D eigenvalue weighted by atomic mass is 16.9. The number of rotatable bonds is 28. The molecule has 2 N–H and O–H groups in total. The zero-order valence-electron chi connectivity index (χ0n) is 27.2. The molecule has 0 saturated heterocycles. The van der Waals surface area contributed by atoms with Gasteiger partial charge in [-0.1, -0.05) is 19.3 Å². The van der Waals surface area contributed by atoms with Crippen LogP contribution in [-0.4, -0.2) is 106 Å². The maximum Gasteiger partial charge on any atom is 0.342 e. The second-order valence-electron chi connectivity index (χ2n) is 9.17. The predicted octanol–water partition coefficient (Wildman–Crippen LogP) is 4.40. The Morgan fingerprint density at radius 2 is 1.10 bits per heavy atom. The van der Waals surface area contributed by atoms with Gasteiger partial charge in [-0.2, -0.15) is 0 Å². The molecule has 0 aliphatic heterocycles. The highest BCUT2D eigenvalue weighted by Gasteiger charge is 2.82. The quantitative estimate of drug-likeness (QED) is 0.0947. The molecule has 0 aliphatic carbocycles. The molecule has 0 rings (SSSR count). The number of carboxylic acid groups (broad SMARTS) is 2. The number of hydrogen-bond acceptors (Lipinski definition) is 11. The van der Waals surface area contributed by atoms with Gasteiger partial charge in [-0.15, -0.1) is 0 Å². The van der Waals surface area contributed by atoms with Crippen molar-refractivity contribution in [3.8, 4) is 0 Å². The van der Waals surface area contributed by atoms with Crippen LogP contribution in [0.15, 0.2) is 0 Å². The van der Waals surface area contributed by atoms with Crippen molar-refractivity contribution in [3.05, 3.63) is 0 Å². The zero-order chi connectivity index (χ0) is 32.3. The summed E-state index contributed by atoms with van der Waals surface area (Å²) in [6, 6.07) is 0. The highest BCUT2D eigenvalue weighted by molar-refractivity contribution is 5.78. The second-order valence-corrected chi connectivity index (χ2v) is 9.17. The van der Waals surface area contributed by atoms with Crippen LogP contribution in [0, 0.1) is 5.41 Å². The van der Waals surface area contributed by atoms with Gasteiger partial charge in [0.2, 0.25) is 12.1 Å². The fourth-order valence-electron chi connectivity index (χ4n) is 5.51. The van der Waals surface area contributed by atoms with Crippen LogP contribution in [-0.2, 0) is 52.2 Å². The third kappa shape index (κ3) is 8.60. The van der Waals surface area contributed by atoms with E-state index in [1.165, 1.54) is 14.2 Å². The van der Waals surface area contributed by atoms with Gasteiger partial charge in [-0.25, -0.2) is 0 Å². The zero-order valence-corrected chi connectivity index (χ0v) is 27.2. The molecule has 0 aromatic carbocycles. The van der Waals surface area contributed by atoms with E-state index in [9.17, 15) is 14.7 Å². The molecule has 13 heteroatoms. The molecule has 3 unspecified atom stereocenters. The molecule has 0 saturated carbocycles. The van der Waals surface area contributed by atoms with Crippen LogP contribution in [0.4, 0.5) is 0 Å². The molecule has 3 atom stereocenters. The van der Waals surface area contributed by atoms with Gasteiger partial charge in [0, 0.05) is 66.9 Å². The first-order chi connectivity index (χ1) is 20.1. The lowest BCUT2D eigenvalue weighted by Gasteiger charge is -2.59. The molecule has 0 amide bonds. The van der Waals surface area contributed by atoms with Crippen LogP contribution >= 0.6 is 0 Å². The molecule has 0 heterocycles. The summed E-state index contributed by atoms with van der Waals surface area (Å²) in [6.45, 7) is 12.3. The van der Waals surface area contributed by atoms with Crippen molar-refractivity contribution >= 4 is 11.9 Å². The van der Waals surface area contributed by atoms with Gasteiger partial charge in [0.05, 0.1) is 0 Å². The maximum atomic E-state index is 14.1. The van der Waals surface area contributed by atoms with Crippen LogP contribution in [0.1, 0.15) is 87.0 Å². The summed E-state index contributed by atoms with van der Waals surface area (Å²) in [7, 11) is 2.59. The standard InChI is InChI=1S/C29H56O13/c1-10-36-25(37-11-2)27(34-8,38-12-3)26(24(32)33,22-20-18-17-19-21-23(30)31)28(35-9,39-13-4)29(40-14-5,41-15-6)42-16-7/h25H,10-22H2,1-9H3,(H,30,31)(H,32,33). The number of carboxylic acids is 2. The molecular formula is C29H56O13. The van der Waals surface area contributed by atoms with E-state index in [2.05, 4.69) is 0 Å². The van der Waals surface area contributed by atoms with Crippen LogP contribution < -0.4 is 0 Å². The van der Waals surface area contributed by atoms with E-state index < -0.39 is 41.2 Å². The molecular weight excluding hydrogens is 556 g/mol. The number of carbonyl (C=O) groups is 2. The summed E-state index contributed by atoms with van der Waals surface area (Å²) < 4.78 is 55.4. The fraction of sp³-hybridized carbons (Fsp3) is 0.931. The molecule has 0 aromatic rings. The molecule has 0 fully saturated rings. The van der Waals surface area contributed by atoms with Crippen molar-refractivity contribution in [1.82, 2.24) is 0 Å². The summed E-state index contributed by atoms with van der Waals surface area (Å²) in [5.41, 5.74) is -2.34. The first-order valence-electron chi connectivity index (χ1n) is 15.0. The Hall–Kier alpha value is -1.42. The molecule has 42 heavy (non-hydrogen) atoms. The lowest BCUT2D eigenvalue weighted by atomic mass is 9.65. The number of methoxy groups -OCH3 is 2. The maximum absolute atomic E-state index is 14.1. The molecule has 13 nitrogen and oxygen atoms in total. The first kappa shape index (κ1) is 40.6. The minimum atomic E-state index is -2.37. The molecule has 0 bridgehead atoms.